The summed E-state index contributed by atoms with van der Waals surface area (Å²) in [5.74, 6) is 0.0110. The van der Waals surface area contributed by atoms with Crippen molar-refractivity contribution in [1.29, 1.82) is 0 Å². The lowest BCUT2D eigenvalue weighted by Gasteiger charge is -2.35. The van der Waals surface area contributed by atoms with Crippen LogP contribution in [0.25, 0.3) is 0 Å². The van der Waals surface area contributed by atoms with Gasteiger partial charge in [-0.05, 0) is 55.7 Å². The first-order valence-electron chi connectivity index (χ1n) is 7.46. The van der Waals surface area contributed by atoms with Crippen molar-refractivity contribution in [3.63, 3.8) is 0 Å². The molecule has 1 aliphatic rings. The Morgan fingerprint density at radius 1 is 1.30 bits per heavy atom. The molecule has 3 N–H and O–H groups in total. The molecule has 0 aromatic heterocycles. The first-order chi connectivity index (χ1) is 9.28. The summed E-state index contributed by atoms with van der Waals surface area (Å²) in [4.78, 5) is 12.4. The van der Waals surface area contributed by atoms with E-state index in [1.54, 1.807) is 6.07 Å². The van der Waals surface area contributed by atoms with Gasteiger partial charge in [0.1, 0.15) is 0 Å². The SMILES string of the molecule is Cc1cc(C)c(C(=O)NC2CCCC(C)(C)C2)cc1N. The van der Waals surface area contributed by atoms with Crippen LogP contribution in [-0.4, -0.2) is 11.9 Å². The Labute approximate surface area is 121 Å². The van der Waals surface area contributed by atoms with E-state index in [4.69, 9.17) is 5.73 Å². The van der Waals surface area contributed by atoms with E-state index in [1.807, 2.05) is 19.9 Å². The second-order valence-electron chi connectivity index (χ2n) is 6.95. The molecule has 1 unspecified atom stereocenters. The van der Waals surface area contributed by atoms with Crippen molar-refractivity contribution < 1.29 is 4.79 Å². The molecule has 1 aromatic carbocycles. The van der Waals surface area contributed by atoms with E-state index < -0.39 is 0 Å². The van der Waals surface area contributed by atoms with Crippen LogP contribution in [0.2, 0.25) is 0 Å². The third-order valence-electron chi connectivity index (χ3n) is 4.40. The first-order valence-corrected chi connectivity index (χ1v) is 7.46. The average molecular weight is 274 g/mol. The number of hydrogen-bond donors (Lipinski definition) is 2. The zero-order valence-corrected chi connectivity index (χ0v) is 13.0. The molecule has 3 nitrogen and oxygen atoms in total. The van der Waals surface area contributed by atoms with Crippen LogP contribution < -0.4 is 11.1 Å². The second-order valence-corrected chi connectivity index (χ2v) is 6.95. The van der Waals surface area contributed by atoms with E-state index in [0.717, 1.165) is 24.0 Å². The zero-order valence-electron chi connectivity index (χ0n) is 13.0. The monoisotopic (exact) mass is 274 g/mol. The molecule has 1 amide bonds. The molecule has 0 saturated heterocycles. The Morgan fingerprint density at radius 3 is 2.65 bits per heavy atom. The number of carbonyl (C=O) groups excluding carboxylic acids is 1. The van der Waals surface area contributed by atoms with Gasteiger partial charge in [0.25, 0.3) is 5.91 Å². The molecule has 20 heavy (non-hydrogen) atoms. The van der Waals surface area contributed by atoms with Crippen molar-refractivity contribution in [2.45, 2.75) is 59.4 Å². The highest BCUT2D eigenvalue weighted by Crippen LogP contribution is 2.35. The summed E-state index contributed by atoms with van der Waals surface area (Å²) in [6.07, 6.45) is 4.57. The van der Waals surface area contributed by atoms with Crippen LogP contribution in [0.1, 0.15) is 61.0 Å². The minimum Gasteiger partial charge on any atom is -0.398 e. The third kappa shape index (κ3) is 3.33. The molecule has 3 heteroatoms. The smallest absolute Gasteiger partial charge is 0.251 e. The molecular formula is C17H26N2O. The van der Waals surface area contributed by atoms with E-state index in [9.17, 15) is 4.79 Å². The number of rotatable bonds is 2. The number of aryl methyl sites for hydroxylation is 2. The number of benzene rings is 1. The van der Waals surface area contributed by atoms with Gasteiger partial charge in [0.05, 0.1) is 0 Å². The normalized spacial score (nSPS) is 21.5. The van der Waals surface area contributed by atoms with Gasteiger partial charge < -0.3 is 11.1 Å². The van der Waals surface area contributed by atoms with Crippen molar-refractivity contribution in [2.75, 3.05) is 5.73 Å². The Hall–Kier alpha value is -1.51. The summed E-state index contributed by atoms with van der Waals surface area (Å²) in [6, 6.07) is 4.07. The summed E-state index contributed by atoms with van der Waals surface area (Å²) in [6.45, 7) is 8.49. The van der Waals surface area contributed by atoms with Crippen LogP contribution in [0.4, 0.5) is 5.69 Å². The van der Waals surface area contributed by atoms with Gasteiger partial charge in [-0.25, -0.2) is 0 Å². The molecule has 1 atom stereocenters. The molecule has 1 fully saturated rings. The van der Waals surface area contributed by atoms with Gasteiger partial charge >= 0.3 is 0 Å². The highest BCUT2D eigenvalue weighted by molar-refractivity contribution is 5.96. The number of hydrogen-bond acceptors (Lipinski definition) is 2. The predicted octanol–water partition coefficient (Wildman–Crippen LogP) is 3.58. The highest BCUT2D eigenvalue weighted by Gasteiger charge is 2.29. The van der Waals surface area contributed by atoms with Gasteiger partial charge in [0.2, 0.25) is 0 Å². The summed E-state index contributed by atoms with van der Waals surface area (Å²) < 4.78 is 0. The minimum absolute atomic E-state index is 0.0110. The summed E-state index contributed by atoms with van der Waals surface area (Å²) in [5.41, 5.74) is 9.66. The number of nitrogens with two attached hydrogens (primary N) is 1. The fourth-order valence-corrected chi connectivity index (χ4v) is 3.20. The molecule has 1 saturated carbocycles. The van der Waals surface area contributed by atoms with Gasteiger partial charge in [0, 0.05) is 17.3 Å². The lowest BCUT2D eigenvalue weighted by atomic mass is 9.75. The van der Waals surface area contributed by atoms with Gasteiger partial charge in [0.15, 0.2) is 0 Å². The van der Waals surface area contributed by atoms with Crippen molar-refractivity contribution in [3.8, 4) is 0 Å². The third-order valence-corrected chi connectivity index (χ3v) is 4.40. The molecule has 110 valence electrons. The second kappa shape index (κ2) is 5.47. The molecule has 0 bridgehead atoms. The quantitative estimate of drug-likeness (QED) is 0.810. The lowest BCUT2D eigenvalue weighted by Crippen LogP contribution is -2.40. The van der Waals surface area contributed by atoms with Crippen LogP contribution in [-0.2, 0) is 0 Å². The van der Waals surface area contributed by atoms with E-state index in [2.05, 4.69) is 19.2 Å². The predicted molar refractivity (Wildman–Crippen MR) is 83.8 cm³/mol. The minimum atomic E-state index is 0.0110. The number of carbonyl (C=O) groups is 1. The summed E-state index contributed by atoms with van der Waals surface area (Å²) in [7, 11) is 0. The molecular weight excluding hydrogens is 248 g/mol. The van der Waals surface area contributed by atoms with Crippen LogP contribution >= 0.6 is 0 Å². The summed E-state index contributed by atoms with van der Waals surface area (Å²) in [5, 5.41) is 3.18. The first kappa shape index (κ1) is 14.9. The van der Waals surface area contributed by atoms with Crippen molar-refractivity contribution >= 4 is 11.6 Å². The Morgan fingerprint density at radius 2 is 2.00 bits per heavy atom. The number of amides is 1. The molecule has 1 aromatic rings. The molecule has 1 aliphatic carbocycles. The van der Waals surface area contributed by atoms with E-state index >= 15 is 0 Å². The van der Waals surface area contributed by atoms with E-state index in [0.29, 0.717) is 16.7 Å². The maximum atomic E-state index is 12.4. The van der Waals surface area contributed by atoms with Gasteiger partial charge in [-0.15, -0.1) is 0 Å². The van der Waals surface area contributed by atoms with Crippen molar-refractivity contribution in [2.24, 2.45) is 5.41 Å². The lowest BCUT2D eigenvalue weighted by molar-refractivity contribution is 0.0902. The van der Waals surface area contributed by atoms with Crippen LogP contribution in [0.15, 0.2) is 12.1 Å². The van der Waals surface area contributed by atoms with Gasteiger partial charge in [-0.1, -0.05) is 26.3 Å². The maximum Gasteiger partial charge on any atom is 0.251 e. The largest absolute Gasteiger partial charge is 0.398 e. The Kier molecular flexibility index (Phi) is 4.07. The fraction of sp³-hybridized carbons (Fsp3) is 0.588. The molecule has 0 heterocycles. The van der Waals surface area contributed by atoms with E-state index in [1.165, 1.54) is 12.8 Å². The van der Waals surface area contributed by atoms with E-state index in [-0.39, 0.29) is 11.9 Å². The molecule has 2 rings (SSSR count). The van der Waals surface area contributed by atoms with Crippen LogP contribution in [0, 0.1) is 19.3 Å². The highest BCUT2D eigenvalue weighted by atomic mass is 16.1. The number of nitrogens with one attached hydrogen (secondary N) is 1. The van der Waals surface area contributed by atoms with Crippen molar-refractivity contribution in [1.82, 2.24) is 5.32 Å². The zero-order chi connectivity index (χ0) is 14.9. The molecule has 0 aliphatic heterocycles. The molecule has 0 radical (unpaired) electrons. The molecule has 0 spiro atoms. The van der Waals surface area contributed by atoms with Gasteiger partial charge in [-0.2, -0.15) is 0 Å². The number of nitrogen functional groups attached to an aromatic ring is 1. The number of anilines is 1. The fourth-order valence-electron chi connectivity index (χ4n) is 3.20. The maximum absolute atomic E-state index is 12.4. The topological polar surface area (TPSA) is 55.1 Å². The Balaban J connectivity index is 2.11. The standard InChI is InChI=1S/C17H26N2O/c1-11-8-12(2)15(18)9-14(11)16(20)19-13-6-5-7-17(3,4)10-13/h8-9,13H,5-7,10,18H2,1-4H3,(H,19,20). The van der Waals surface area contributed by atoms with Crippen LogP contribution in [0.3, 0.4) is 0 Å². The summed E-state index contributed by atoms with van der Waals surface area (Å²) >= 11 is 0. The van der Waals surface area contributed by atoms with Crippen LogP contribution in [0.5, 0.6) is 0 Å². The van der Waals surface area contributed by atoms with Gasteiger partial charge in [-0.3, -0.25) is 4.79 Å². The van der Waals surface area contributed by atoms with Crippen molar-refractivity contribution in [3.05, 3.63) is 28.8 Å². The average Bonchev–Trinajstić information content (AvgIpc) is 2.32. The Bertz CT molecular complexity index is 520.